The van der Waals surface area contributed by atoms with Gasteiger partial charge in [-0.05, 0) is 42.2 Å². The predicted octanol–water partition coefficient (Wildman–Crippen LogP) is 6.05. The van der Waals surface area contributed by atoms with Crippen molar-refractivity contribution in [2.75, 3.05) is 11.9 Å². The summed E-state index contributed by atoms with van der Waals surface area (Å²) in [6.07, 6.45) is 14.6. The van der Waals surface area contributed by atoms with E-state index in [0.29, 0.717) is 23.0 Å². The lowest BCUT2D eigenvalue weighted by atomic mass is 10.0. The summed E-state index contributed by atoms with van der Waals surface area (Å²) in [6, 6.07) is 13.8. The van der Waals surface area contributed by atoms with Crippen LogP contribution in [0, 0.1) is 0 Å². The molecule has 0 aliphatic carbocycles. The number of aromatic amines is 1. The van der Waals surface area contributed by atoms with Crippen molar-refractivity contribution in [2.24, 2.45) is 0 Å². The lowest BCUT2D eigenvalue weighted by Gasteiger charge is -2.26. The maximum atomic E-state index is 12.6. The normalized spacial score (nSPS) is 14.8. The summed E-state index contributed by atoms with van der Waals surface area (Å²) in [5.41, 5.74) is 2.85. The number of H-pyrrole nitrogens is 1. The van der Waals surface area contributed by atoms with Crippen LogP contribution >= 0.6 is 0 Å². The second-order valence-electron chi connectivity index (χ2n) is 9.11. The number of rotatable bonds is 13. The summed E-state index contributed by atoms with van der Waals surface area (Å²) in [4.78, 5) is 12.6. The van der Waals surface area contributed by atoms with Crippen LogP contribution in [0.15, 0.2) is 48.5 Å². The Bertz CT molecular complexity index is 1110. The molecule has 1 aliphatic rings. The highest BCUT2D eigenvalue weighted by molar-refractivity contribution is 6.03. The summed E-state index contributed by atoms with van der Waals surface area (Å²) in [5, 5.41) is 16.8. The molecule has 0 saturated heterocycles. The molecule has 2 aromatic carbocycles. The first-order valence-electron chi connectivity index (χ1n) is 13.0. The van der Waals surface area contributed by atoms with Gasteiger partial charge in [0.1, 0.15) is 6.61 Å². The van der Waals surface area contributed by atoms with E-state index in [2.05, 4.69) is 57.1 Å². The zero-order valence-electron chi connectivity index (χ0n) is 20.9. The molecule has 8 heteroatoms. The van der Waals surface area contributed by atoms with Crippen molar-refractivity contribution < 1.29 is 14.3 Å². The van der Waals surface area contributed by atoms with Crippen molar-refractivity contribution in [1.82, 2.24) is 20.6 Å². The molecule has 0 fully saturated rings. The number of unbranched alkanes of at least 4 members (excludes halogenated alkanes) is 7. The monoisotopic (exact) mass is 489 g/mol. The standard InChI is InChI=1S/C28H35N5O3/c1-2-3-4-5-6-7-8-9-11-21-14-16-22(17-15-21)18-19-26(34)29-23-12-10-13-24-27(23)36-25(20-35-24)28-30-32-33-31-28/h10,12-19,25H,2-9,11,20H2,1H3,(H,29,34)(H,30,31,32,33). The maximum Gasteiger partial charge on any atom is 0.248 e. The zero-order chi connectivity index (χ0) is 25.0. The molecule has 1 unspecified atom stereocenters. The average Bonchev–Trinajstić information content (AvgIpc) is 3.45. The molecule has 0 spiro atoms. The Labute approximate surface area is 212 Å². The second-order valence-corrected chi connectivity index (χ2v) is 9.11. The second kappa shape index (κ2) is 13.4. The SMILES string of the molecule is CCCCCCCCCCc1ccc(C=CC(=O)Nc2cccc3c2OC(c2nn[nH]n2)CO3)cc1. The van der Waals surface area contributed by atoms with E-state index in [1.54, 1.807) is 18.2 Å². The van der Waals surface area contributed by atoms with Crippen molar-refractivity contribution in [3.05, 3.63) is 65.5 Å². The van der Waals surface area contributed by atoms with Gasteiger partial charge in [-0.1, -0.05) is 87.4 Å². The number of fused-ring (bicyclic) bond motifs is 1. The van der Waals surface area contributed by atoms with Gasteiger partial charge in [-0.25, -0.2) is 0 Å². The summed E-state index contributed by atoms with van der Waals surface area (Å²) in [6.45, 7) is 2.52. The van der Waals surface area contributed by atoms with Gasteiger partial charge in [-0.3, -0.25) is 4.79 Å². The van der Waals surface area contributed by atoms with Crippen molar-refractivity contribution in [3.63, 3.8) is 0 Å². The Balaban J connectivity index is 1.24. The Hall–Kier alpha value is -3.68. The van der Waals surface area contributed by atoms with E-state index in [0.717, 1.165) is 12.0 Å². The van der Waals surface area contributed by atoms with Gasteiger partial charge in [-0.2, -0.15) is 5.21 Å². The molecule has 36 heavy (non-hydrogen) atoms. The van der Waals surface area contributed by atoms with Crippen molar-refractivity contribution >= 4 is 17.7 Å². The summed E-state index contributed by atoms with van der Waals surface area (Å²) < 4.78 is 11.8. The van der Waals surface area contributed by atoms with E-state index in [1.807, 2.05) is 6.08 Å². The highest BCUT2D eigenvalue weighted by Crippen LogP contribution is 2.41. The minimum atomic E-state index is -0.505. The molecule has 190 valence electrons. The number of hydrogen-bond donors (Lipinski definition) is 2. The van der Waals surface area contributed by atoms with Crippen LogP contribution in [-0.2, 0) is 11.2 Å². The molecule has 1 amide bonds. The molecule has 2 N–H and O–H groups in total. The molecule has 0 radical (unpaired) electrons. The molecule has 2 heterocycles. The molecular formula is C28H35N5O3. The lowest BCUT2D eigenvalue weighted by molar-refractivity contribution is -0.111. The topological polar surface area (TPSA) is 102 Å². The summed E-state index contributed by atoms with van der Waals surface area (Å²) in [5.74, 6) is 1.15. The molecule has 3 aromatic rings. The van der Waals surface area contributed by atoms with Crippen molar-refractivity contribution in [1.29, 1.82) is 0 Å². The number of carbonyl (C=O) groups is 1. The average molecular weight is 490 g/mol. The Morgan fingerprint density at radius 3 is 2.58 bits per heavy atom. The van der Waals surface area contributed by atoms with Crippen LogP contribution in [0.2, 0.25) is 0 Å². The molecule has 1 aromatic heterocycles. The van der Waals surface area contributed by atoms with Crippen LogP contribution in [-0.4, -0.2) is 33.1 Å². The fourth-order valence-corrected chi connectivity index (χ4v) is 4.23. The molecule has 4 rings (SSSR count). The summed E-state index contributed by atoms with van der Waals surface area (Å²) >= 11 is 0. The fraction of sp³-hybridized carbons (Fsp3) is 0.429. The minimum Gasteiger partial charge on any atom is -0.485 e. The van der Waals surface area contributed by atoms with Crippen LogP contribution in [0.4, 0.5) is 5.69 Å². The maximum absolute atomic E-state index is 12.6. The van der Waals surface area contributed by atoms with Gasteiger partial charge >= 0.3 is 0 Å². The smallest absolute Gasteiger partial charge is 0.248 e. The number of ether oxygens (including phenoxy) is 2. The number of nitrogens with zero attached hydrogens (tertiary/aromatic N) is 3. The number of anilines is 1. The van der Waals surface area contributed by atoms with Gasteiger partial charge in [0.2, 0.25) is 11.7 Å². The van der Waals surface area contributed by atoms with Gasteiger partial charge < -0.3 is 14.8 Å². The molecule has 1 atom stereocenters. The number of hydrogen-bond acceptors (Lipinski definition) is 6. The van der Waals surface area contributed by atoms with Crippen molar-refractivity contribution in [3.8, 4) is 11.5 Å². The largest absolute Gasteiger partial charge is 0.485 e. The van der Waals surface area contributed by atoms with Crippen LogP contribution in [0.25, 0.3) is 6.08 Å². The third kappa shape index (κ3) is 7.41. The number of amides is 1. The van der Waals surface area contributed by atoms with Crippen LogP contribution < -0.4 is 14.8 Å². The zero-order valence-corrected chi connectivity index (χ0v) is 20.9. The lowest BCUT2D eigenvalue weighted by Crippen LogP contribution is -2.24. The minimum absolute atomic E-state index is 0.253. The number of aromatic nitrogens is 4. The number of para-hydroxylation sites is 1. The van der Waals surface area contributed by atoms with Gasteiger partial charge in [-0.15, -0.1) is 10.2 Å². The van der Waals surface area contributed by atoms with Crippen LogP contribution in [0.5, 0.6) is 11.5 Å². The van der Waals surface area contributed by atoms with E-state index in [4.69, 9.17) is 9.47 Å². The fourth-order valence-electron chi connectivity index (χ4n) is 4.23. The molecule has 1 aliphatic heterocycles. The number of aryl methyl sites for hydroxylation is 1. The Morgan fingerprint density at radius 1 is 1.06 bits per heavy atom. The third-order valence-corrected chi connectivity index (χ3v) is 6.26. The number of nitrogens with one attached hydrogen (secondary N) is 2. The predicted molar refractivity (Wildman–Crippen MR) is 140 cm³/mol. The molecule has 8 nitrogen and oxygen atoms in total. The van der Waals surface area contributed by atoms with E-state index in [9.17, 15) is 4.79 Å². The number of benzene rings is 2. The van der Waals surface area contributed by atoms with E-state index in [-0.39, 0.29) is 12.5 Å². The van der Waals surface area contributed by atoms with Crippen molar-refractivity contribution in [2.45, 2.75) is 70.8 Å². The first-order valence-corrected chi connectivity index (χ1v) is 13.0. The quantitative estimate of drug-likeness (QED) is 0.224. The molecular weight excluding hydrogens is 454 g/mol. The van der Waals surface area contributed by atoms with Crippen LogP contribution in [0.1, 0.15) is 81.3 Å². The number of carbonyl (C=O) groups excluding carboxylic acids is 1. The van der Waals surface area contributed by atoms with Gasteiger partial charge in [0.05, 0.1) is 5.69 Å². The first kappa shape index (κ1) is 25.4. The van der Waals surface area contributed by atoms with E-state index >= 15 is 0 Å². The first-order chi connectivity index (χ1) is 17.7. The Morgan fingerprint density at radius 2 is 1.83 bits per heavy atom. The number of tetrazole rings is 1. The van der Waals surface area contributed by atoms with Gasteiger partial charge in [0.25, 0.3) is 0 Å². The third-order valence-electron chi connectivity index (χ3n) is 6.26. The van der Waals surface area contributed by atoms with E-state index < -0.39 is 6.10 Å². The molecule has 0 saturated carbocycles. The van der Waals surface area contributed by atoms with E-state index in [1.165, 1.54) is 63.0 Å². The van der Waals surface area contributed by atoms with Gasteiger partial charge in [0.15, 0.2) is 17.6 Å². The highest BCUT2D eigenvalue weighted by atomic mass is 16.6. The highest BCUT2D eigenvalue weighted by Gasteiger charge is 2.28. The summed E-state index contributed by atoms with van der Waals surface area (Å²) in [7, 11) is 0. The molecule has 0 bridgehead atoms. The van der Waals surface area contributed by atoms with Crippen LogP contribution in [0.3, 0.4) is 0 Å². The Kier molecular flexibility index (Phi) is 9.47. The van der Waals surface area contributed by atoms with Gasteiger partial charge in [0, 0.05) is 6.08 Å².